The number of hydrogen-bond donors (Lipinski definition) is 2. The van der Waals surface area contributed by atoms with Crippen molar-refractivity contribution in [2.75, 3.05) is 26.2 Å². The molecule has 0 amide bonds. The van der Waals surface area contributed by atoms with E-state index in [1.165, 1.54) is 0 Å². The Morgan fingerprint density at radius 2 is 1.96 bits per heavy atom. The maximum absolute atomic E-state index is 12.5. The van der Waals surface area contributed by atoms with E-state index >= 15 is 0 Å². The number of guanidine groups is 1. The van der Waals surface area contributed by atoms with Crippen LogP contribution in [0.1, 0.15) is 26.2 Å². The number of nitrogens with one attached hydrogen (secondary N) is 1. The summed E-state index contributed by atoms with van der Waals surface area (Å²) in [5.41, 5.74) is 5.78. The Balaban J connectivity index is 1.87. The SMILES string of the molecule is CCCNC(N)=NCC1CCN(S(=O)(=O)c2ccccc2)CC1. The number of nitrogens with zero attached hydrogens (tertiary/aromatic N) is 2. The third kappa shape index (κ3) is 4.94. The summed E-state index contributed by atoms with van der Waals surface area (Å²) >= 11 is 0. The molecular formula is C16H26N4O2S. The molecule has 3 N–H and O–H groups in total. The van der Waals surface area contributed by atoms with Gasteiger partial charge in [0.2, 0.25) is 10.0 Å². The standard InChI is InChI=1S/C16H26N4O2S/c1-2-10-18-16(17)19-13-14-8-11-20(12-9-14)23(21,22)15-6-4-3-5-7-15/h3-7,14H,2,8-13H2,1H3,(H3,17,18,19). The molecular weight excluding hydrogens is 312 g/mol. The molecule has 1 aromatic carbocycles. The van der Waals surface area contributed by atoms with E-state index in [0.29, 0.717) is 36.4 Å². The van der Waals surface area contributed by atoms with E-state index in [-0.39, 0.29) is 0 Å². The van der Waals surface area contributed by atoms with E-state index in [4.69, 9.17) is 5.73 Å². The van der Waals surface area contributed by atoms with Gasteiger partial charge in [-0.2, -0.15) is 4.31 Å². The maximum Gasteiger partial charge on any atom is 0.243 e. The minimum absolute atomic E-state index is 0.365. The van der Waals surface area contributed by atoms with Gasteiger partial charge in [0, 0.05) is 26.2 Å². The highest BCUT2D eigenvalue weighted by Gasteiger charge is 2.29. The largest absolute Gasteiger partial charge is 0.370 e. The second kappa shape index (κ2) is 8.31. The lowest BCUT2D eigenvalue weighted by Crippen LogP contribution is -2.39. The molecule has 0 bridgehead atoms. The van der Waals surface area contributed by atoms with Crippen LogP contribution >= 0.6 is 0 Å². The van der Waals surface area contributed by atoms with Crippen molar-refractivity contribution < 1.29 is 8.42 Å². The molecule has 2 rings (SSSR count). The zero-order chi connectivity index (χ0) is 16.7. The second-order valence-electron chi connectivity index (χ2n) is 5.81. The quantitative estimate of drug-likeness (QED) is 0.606. The molecule has 0 spiro atoms. The van der Waals surface area contributed by atoms with Gasteiger partial charge in [-0.05, 0) is 37.3 Å². The van der Waals surface area contributed by atoms with Crippen LogP contribution in [0.15, 0.2) is 40.2 Å². The molecule has 0 saturated carbocycles. The zero-order valence-electron chi connectivity index (χ0n) is 13.6. The van der Waals surface area contributed by atoms with Crippen molar-refractivity contribution in [1.82, 2.24) is 9.62 Å². The fourth-order valence-corrected chi connectivity index (χ4v) is 4.10. The van der Waals surface area contributed by atoms with Crippen molar-refractivity contribution in [2.45, 2.75) is 31.1 Å². The van der Waals surface area contributed by atoms with Gasteiger partial charge in [-0.25, -0.2) is 8.42 Å². The van der Waals surface area contributed by atoms with Crippen LogP contribution < -0.4 is 11.1 Å². The molecule has 1 aromatic rings. The van der Waals surface area contributed by atoms with Crippen molar-refractivity contribution in [3.63, 3.8) is 0 Å². The summed E-state index contributed by atoms with van der Waals surface area (Å²) in [5.74, 6) is 0.866. The number of sulfonamides is 1. The summed E-state index contributed by atoms with van der Waals surface area (Å²) in [6.07, 6.45) is 2.64. The topological polar surface area (TPSA) is 87.8 Å². The molecule has 6 nitrogen and oxygen atoms in total. The van der Waals surface area contributed by atoms with Crippen LogP contribution in [-0.4, -0.2) is 44.9 Å². The Morgan fingerprint density at radius 1 is 1.30 bits per heavy atom. The normalized spacial score (nSPS) is 18.0. The lowest BCUT2D eigenvalue weighted by atomic mass is 9.98. The summed E-state index contributed by atoms with van der Waals surface area (Å²) in [6.45, 7) is 4.63. The molecule has 0 unspecified atom stereocenters. The Kier molecular flexibility index (Phi) is 6.41. The highest BCUT2D eigenvalue weighted by Crippen LogP contribution is 2.23. The monoisotopic (exact) mass is 338 g/mol. The highest BCUT2D eigenvalue weighted by molar-refractivity contribution is 7.89. The molecule has 0 atom stereocenters. The molecule has 1 saturated heterocycles. The number of piperidine rings is 1. The number of aliphatic imine (C=N–C) groups is 1. The van der Waals surface area contributed by atoms with Gasteiger partial charge in [0.15, 0.2) is 5.96 Å². The number of hydrogen-bond acceptors (Lipinski definition) is 3. The minimum Gasteiger partial charge on any atom is -0.370 e. The van der Waals surface area contributed by atoms with Gasteiger partial charge in [-0.3, -0.25) is 4.99 Å². The Labute approximate surface area is 138 Å². The first-order chi connectivity index (χ1) is 11.0. The predicted octanol–water partition coefficient (Wildman–Crippen LogP) is 1.40. The molecule has 0 aliphatic carbocycles. The van der Waals surface area contributed by atoms with Gasteiger partial charge in [0.25, 0.3) is 0 Å². The van der Waals surface area contributed by atoms with Gasteiger partial charge in [-0.15, -0.1) is 0 Å². The van der Waals surface area contributed by atoms with Crippen molar-refractivity contribution in [2.24, 2.45) is 16.6 Å². The van der Waals surface area contributed by atoms with E-state index in [0.717, 1.165) is 25.8 Å². The molecule has 0 radical (unpaired) electrons. The summed E-state index contributed by atoms with van der Waals surface area (Å²) in [4.78, 5) is 4.71. The second-order valence-corrected chi connectivity index (χ2v) is 7.75. The van der Waals surface area contributed by atoms with Crippen LogP contribution in [0.3, 0.4) is 0 Å². The van der Waals surface area contributed by atoms with Crippen molar-refractivity contribution in [3.05, 3.63) is 30.3 Å². The number of nitrogens with two attached hydrogens (primary N) is 1. The fourth-order valence-electron chi connectivity index (χ4n) is 2.61. The van der Waals surface area contributed by atoms with Crippen LogP contribution in [0.2, 0.25) is 0 Å². The number of benzene rings is 1. The molecule has 1 fully saturated rings. The minimum atomic E-state index is -3.37. The predicted molar refractivity (Wildman–Crippen MR) is 92.7 cm³/mol. The van der Waals surface area contributed by atoms with Gasteiger partial charge < -0.3 is 11.1 Å². The first kappa shape index (κ1) is 17.7. The maximum atomic E-state index is 12.5. The van der Waals surface area contributed by atoms with E-state index in [1.807, 2.05) is 6.07 Å². The Bertz CT molecular complexity index is 608. The molecule has 7 heteroatoms. The Morgan fingerprint density at radius 3 is 2.57 bits per heavy atom. The Hall–Kier alpha value is -1.60. The van der Waals surface area contributed by atoms with Crippen LogP contribution in [0, 0.1) is 5.92 Å². The van der Waals surface area contributed by atoms with Crippen molar-refractivity contribution in [3.8, 4) is 0 Å². The van der Waals surface area contributed by atoms with E-state index < -0.39 is 10.0 Å². The summed E-state index contributed by atoms with van der Waals surface area (Å²) in [6, 6.07) is 8.61. The average molecular weight is 338 g/mol. The third-order valence-corrected chi connectivity index (χ3v) is 5.94. The highest BCUT2D eigenvalue weighted by atomic mass is 32.2. The van der Waals surface area contributed by atoms with Crippen molar-refractivity contribution >= 4 is 16.0 Å². The van der Waals surface area contributed by atoms with E-state index in [1.54, 1.807) is 28.6 Å². The molecule has 1 heterocycles. The van der Waals surface area contributed by atoms with E-state index in [2.05, 4.69) is 17.2 Å². The van der Waals surface area contributed by atoms with E-state index in [9.17, 15) is 8.42 Å². The average Bonchev–Trinajstić information content (AvgIpc) is 2.59. The summed E-state index contributed by atoms with van der Waals surface area (Å²) in [5, 5.41) is 3.05. The fraction of sp³-hybridized carbons (Fsp3) is 0.562. The first-order valence-electron chi connectivity index (χ1n) is 8.13. The van der Waals surface area contributed by atoms with Crippen LogP contribution in [0.5, 0.6) is 0 Å². The zero-order valence-corrected chi connectivity index (χ0v) is 14.4. The van der Waals surface area contributed by atoms with Gasteiger partial charge >= 0.3 is 0 Å². The van der Waals surface area contributed by atoms with Gasteiger partial charge in [-0.1, -0.05) is 25.1 Å². The molecule has 1 aliphatic heterocycles. The van der Waals surface area contributed by atoms with Crippen LogP contribution in [-0.2, 0) is 10.0 Å². The third-order valence-electron chi connectivity index (χ3n) is 4.03. The molecule has 23 heavy (non-hydrogen) atoms. The smallest absolute Gasteiger partial charge is 0.243 e. The number of rotatable bonds is 6. The van der Waals surface area contributed by atoms with Gasteiger partial charge in [0.1, 0.15) is 0 Å². The van der Waals surface area contributed by atoms with Gasteiger partial charge in [0.05, 0.1) is 4.90 Å². The molecule has 128 valence electrons. The van der Waals surface area contributed by atoms with Crippen LogP contribution in [0.25, 0.3) is 0 Å². The van der Waals surface area contributed by atoms with Crippen molar-refractivity contribution in [1.29, 1.82) is 0 Å². The first-order valence-corrected chi connectivity index (χ1v) is 9.57. The lowest BCUT2D eigenvalue weighted by Gasteiger charge is -2.30. The summed E-state index contributed by atoms with van der Waals surface area (Å²) in [7, 11) is -3.37. The lowest BCUT2D eigenvalue weighted by molar-refractivity contribution is 0.279. The molecule has 1 aliphatic rings. The molecule has 0 aromatic heterocycles. The summed E-state index contributed by atoms with van der Waals surface area (Å²) < 4.78 is 26.7. The van der Waals surface area contributed by atoms with Crippen LogP contribution in [0.4, 0.5) is 0 Å².